The standard InChI is InChI=1S/C15H25N3O3/c1-10(18(4)15(2,3)9-19)14(20)17-12-8-11(16)6-7-13(12)21-5/h6-8,10,19H,9,16H2,1-5H3,(H,17,20). The van der Waals surface area contributed by atoms with E-state index in [1.54, 1.807) is 32.2 Å². The fourth-order valence-corrected chi connectivity index (χ4v) is 1.87. The molecule has 1 aromatic carbocycles. The number of nitrogens with two attached hydrogens (primary N) is 1. The molecule has 0 aromatic heterocycles. The molecule has 1 unspecified atom stereocenters. The molecule has 6 heteroatoms. The van der Waals surface area contributed by atoms with Crippen LogP contribution < -0.4 is 15.8 Å². The molecule has 0 aliphatic rings. The van der Waals surface area contributed by atoms with Gasteiger partial charge in [-0.15, -0.1) is 0 Å². The average Bonchev–Trinajstić information content (AvgIpc) is 2.45. The van der Waals surface area contributed by atoms with Crippen LogP contribution in [0.2, 0.25) is 0 Å². The van der Waals surface area contributed by atoms with Gasteiger partial charge in [0.2, 0.25) is 5.91 Å². The maximum atomic E-state index is 12.4. The third-order valence-electron chi connectivity index (χ3n) is 3.78. The molecular weight excluding hydrogens is 270 g/mol. The van der Waals surface area contributed by atoms with Crippen LogP contribution in [-0.2, 0) is 4.79 Å². The molecule has 6 nitrogen and oxygen atoms in total. The number of aliphatic hydroxyl groups excluding tert-OH is 1. The lowest BCUT2D eigenvalue weighted by molar-refractivity contribution is -0.122. The molecule has 1 amide bonds. The Morgan fingerprint density at radius 3 is 2.67 bits per heavy atom. The first kappa shape index (κ1) is 17.3. The number of nitrogen functional groups attached to an aromatic ring is 1. The Balaban J connectivity index is 2.88. The van der Waals surface area contributed by atoms with Crippen molar-refractivity contribution in [3.05, 3.63) is 18.2 Å². The number of methoxy groups -OCH3 is 1. The Hall–Kier alpha value is -1.79. The maximum Gasteiger partial charge on any atom is 0.241 e. The molecule has 1 atom stereocenters. The van der Waals surface area contributed by atoms with Gasteiger partial charge >= 0.3 is 0 Å². The number of amides is 1. The number of nitrogens with zero attached hydrogens (tertiary/aromatic N) is 1. The van der Waals surface area contributed by atoms with Gasteiger partial charge in [0.1, 0.15) is 5.75 Å². The molecule has 118 valence electrons. The summed E-state index contributed by atoms with van der Waals surface area (Å²) in [5.41, 5.74) is 6.32. The van der Waals surface area contributed by atoms with Crippen LogP contribution >= 0.6 is 0 Å². The van der Waals surface area contributed by atoms with Gasteiger partial charge in [-0.25, -0.2) is 0 Å². The van der Waals surface area contributed by atoms with Gasteiger partial charge in [0.25, 0.3) is 0 Å². The van der Waals surface area contributed by atoms with Gasteiger partial charge in [0.05, 0.1) is 25.4 Å². The second-order valence-corrected chi connectivity index (χ2v) is 5.71. The lowest BCUT2D eigenvalue weighted by atomic mass is 10.0. The van der Waals surface area contributed by atoms with Gasteiger partial charge in [-0.1, -0.05) is 0 Å². The van der Waals surface area contributed by atoms with Crippen LogP contribution in [0.5, 0.6) is 5.75 Å². The predicted octanol–water partition coefficient (Wildman–Crippen LogP) is 1.31. The van der Waals surface area contributed by atoms with Crippen molar-refractivity contribution < 1.29 is 14.6 Å². The van der Waals surface area contributed by atoms with Crippen molar-refractivity contribution in [1.82, 2.24) is 4.90 Å². The molecule has 0 saturated carbocycles. The van der Waals surface area contributed by atoms with Crippen molar-refractivity contribution in [3.63, 3.8) is 0 Å². The minimum absolute atomic E-state index is 0.0390. The molecule has 0 saturated heterocycles. The topological polar surface area (TPSA) is 87.8 Å². The van der Waals surface area contributed by atoms with E-state index >= 15 is 0 Å². The molecule has 0 radical (unpaired) electrons. The minimum Gasteiger partial charge on any atom is -0.495 e. The molecule has 1 aromatic rings. The zero-order chi connectivity index (χ0) is 16.2. The lowest BCUT2D eigenvalue weighted by Crippen LogP contribution is -2.52. The van der Waals surface area contributed by atoms with Crippen LogP contribution in [0.4, 0.5) is 11.4 Å². The number of likely N-dealkylation sites (N-methyl/N-ethyl adjacent to an activating group) is 1. The number of carbonyl (C=O) groups excluding carboxylic acids is 1. The summed E-state index contributed by atoms with van der Waals surface area (Å²) in [5.74, 6) is 0.358. The third kappa shape index (κ3) is 4.09. The Labute approximate surface area is 125 Å². The molecular formula is C15H25N3O3. The van der Waals surface area contributed by atoms with E-state index in [0.29, 0.717) is 17.1 Å². The van der Waals surface area contributed by atoms with Crippen LogP contribution in [0.25, 0.3) is 0 Å². The number of anilines is 2. The predicted molar refractivity (Wildman–Crippen MR) is 84.4 cm³/mol. The Morgan fingerprint density at radius 1 is 1.52 bits per heavy atom. The zero-order valence-electron chi connectivity index (χ0n) is 13.3. The van der Waals surface area contributed by atoms with E-state index in [2.05, 4.69) is 5.32 Å². The van der Waals surface area contributed by atoms with E-state index in [1.165, 1.54) is 7.11 Å². The molecule has 0 fully saturated rings. The summed E-state index contributed by atoms with van der Waals surface area (Å²) in [6.45, 7) is 5.49. The summed E-state index contributed by atoms with van der Waals surface area (Å²) >= 11 is 0. The second-order valence-electron chi connectivity index (χ2n) is 5.71. The first-order chi connectivity index (χ1) is 9.72. The van der Waals surface area contributed by atoms with Gasteiger partial charge in [-0.2, -0.15) is 0 Å². The lowest BCUT2D eigenvalue weighted by Gasteiger charge is -2.37. The Morgan fingerprint density at radius 2 is 2.14 bits per heavy atom. The van der Waals surface area contributed by atoms with E-state index in [1.807, 2.05) is 18.7 Å². The second kappa shape index (κ2) is 6.78. The number of carbonyl (C=O) groups is 1. The zero-order valence-corrected chi connectivity index (χ0v) is 13.3. The Kier molecular flexibility index (Phi) is 5.57. The monoisotopic (exact) mass is 295 g/mol. The number of aliphatic hydroxyl groups is 1. The number of nitrogens with one attached hydrogen (secondary N) is 1. The quantitative estimate of drug-likeness (QED) is 0.689. The summed E-state index contributed by atoms with van der Waals surface area (Å²) in [5, 5.41) is 12.2. The summed E-state index contributed by atoms with van der Waals surface area (Å²) in [4.78, 5) is 14.2. The summed E-state index contributed by atoms with van der Waals surface area (Å²) < 4.78 is 5.21. The van der Waals surface area contributed by atoms with E-state index in [9.17, 15) is 9.90 Å². The smallest absolute Gasteiger partial charge is 0.241 e. The molecule has 0 heterocycles. The highest BCUT2D eigenvalue weighted by molar-refractivity contribution is 5.96. The number of ether oxygens (including phenoxy) is 1. The van der Waals surface area contributed by atoms with Crippen molar-refractivity contribution in [1.29, 1.82) is 0 Å². The van der Waals surface area contributed by atoms with Gasteiger partial charge in [0.15, 0.2) is 0 Å². The van der Waals surface area contributed by atoms with Crippen LogP contribution in [-0.4, -0.2) is 48.3 Å². The SMILES string of the molecule is COc1ccc(N)cc1NC(=O)C(C)N(C)C(C)(C)CO. The highest BCUT2D eigenvalue weighted by atomic mass is 16.5. The van der Waals surface area contributed by atoms with Crippen LogP contribution in [0.15, 0.2) is 18.2 Å². The summed E-state index contributed by atoms with van der Waals surface area (Å²) in [6, 6.07) is 4.65. The van der Waals surface area contributed by atoms with Crippen molar-refractivity contribution in [2.24, 2.45) is 0 Å². The fourth-order valence-electron chi connectivity index (χ4n) is 1.87. The van der Waals surface area contributed by atoms with Crippen LogP contribution in [0, 0.1) is 0 Å². The van der Waals surface area contributed by atoms with Gasteiger partial charge in [-0.3, -0.25) is 9.69 Å². The van der Waals surface area contributed by atoms with E-state index in [4.69, 9.17) is 10.5 Å². The largest absolute Gasteiger partial charge is 0.495 e. The number of rotatable bonds is 6. The van der Waals surface area contributed by atoms with Gasteiger partial charge < -0.3 is 20.9 Å². The maximum absolute atomic E-state index is 12.4. The van der Waals surface area contributed by atoms with Gasteiger partial charge in [-0.05, 0) is 46.0 Å². The average molecular weight is 295 g/mol. The van der Waals surface area contributed by atoms with Crippen LogP contribution in [0.3, 0.4) is 0 Å². The van der Waals surface area contributed by atoms with E-state index in [0.717, 1.165) is 0 Å². The molecule has 0 bridgehead atoms. The molecule has 4 N–H and O–H groups in total. The first-order valence-corrected chi connectivity index (χ1v) is 6.81. The summed E-state index contributed by atoms with van der Waals surface area (Å²) in [6.07, 6.45) is 0. The van der Waals surface area contributed by atoms with Crippen molar-refractivity contribution in [2.75, 3.05) is 31.8 Å². The molecule has 0 aliphatic carbocycles. The van der Waals surface area contributed by atoms with Crippen LogP contribution in [0.1, 0.15) is 20.8 Å². The number of hydrogen-bond acceptors (Lipinski definition) is 5. The third-order valence-corrected chi connectivity index (χ3v) is 3.78. The Bertz CT molecular complexity index is 503. The molecule has 0 spiro atoms. The van der Waals surface area contributed by atoms with Crippen molar-refractivity contribution >= 4 is 17.3 Å². The van der Waals surface area contributed by atoms with Crippen molar-refractivity contribution in [3.8, 4) is 5.75 Å². The number of hydrogen-bond donors (Lipinski definition) is 3. The van der Waals surface area contributed by atoms with E-state index < -0.39 is 11.6 Å². The fraction of sp³-hybridized carbons (Fsp3) is 0.533. The van der Waals surface area contributed by atoms with Crippen molar-refractivity contribution in [2.45, 2.75) is 32.4 Å². The first-order valence-electron chi connectivity index (χ1n) is 6.81. The summed E-state index contributed by atoms with van der Waals surface area (Å²) in [7, 11) is 3.34. The number of benzene rings is 1. The van der Waals surface area contributed by atoms with Gasteiger partial charge in [0, 0.05) is 11.2 Å². The highest BCUT2D eigenvalue weighted by Crippen LogP contribution is 2.27. The van der Waals surface area contributed by atoms with E-state index in [-0.39, 0.29) is 12.5 Å². The molecule has 1 rings (SSSR count). The normalized spacial score (nSPS) is 13.1. The molecule has 0 aliphatic heterocycles. The highest BCUT2D eigenvalue weighted by Gasteiger charge is 2.30. The minimum atomic E-state index is -0.490. The molecule has 21 heavy (non-hydrogen) atoms.